The zero-order valence-electron chi connectivity index (χ0n) is 11.0. The summed E-state index contributed by atoms with van der Waals surface area (Å²) in [5.74, 6) is 0.989. The molecule has 0 unspecified atom stereocenters. The van der Waals surface area contributed by atoms with Crippen molar-refractivity contribution in [3.8, 4) is 11.4 Å². The lowest BCUT2D eigenvalue weighted by Gasteiger charge is -2.08. The van der Waals surface area contributed by atoms with Gasteiger partial charge in [-0.2, -0.15) is 0 Å². The van der Waals surface area contributed by atoms with Gasteiger partial charge < -0.3 is 10.3 Å². The predicted molar refractivity (Wildman–Crippen MR) is 78.6 cm³/mol. The fourth-order valence-corrected chi connectivity index (χ4v) is 2.84. The molecule has 2 aromatic rings. The van der Waals surface area contributed by atoms with Crippen molar-refractivity contribution in [3.05, 3.63) is 39.6 Å². The van der Waals surface area contributed by atoms with Crippen molar-refractivity contribution in [1.82, 2.24) is 9.55 Å². The van der Waals surface area contributed by atoms with Crippen molar-refractivity contribution < 1.29 is 0 Å². The molecule has 0 saturated heterocycles. The number of benzene rings is 1. The number of nitrogens with zero attached hydrogens (tertiary/aromatic N) is 2. The molecule has 0 aliphatic carbocycles. The van der Waals surface area contributed by atoms with Crippen LogP contribution in [-0.4, -0.2) is 16.1 Å². The first-order valence-electron chi connectivity index (χ1n) is 6.03. The molecule has 0 aliphatic rings. The highest BCUT2D eigenvalue weighted by molar-refractivity contribution is 9.10. The number of imidazole rings is 1. The summed E-state index contributed by atoms with van der Waals surface area (Å²) in [6.07, 6.45) is 0.828. The van der Waals surface area contributed by atoms with Crippen LogP contribution in [0.2, 0.25) is 0 Å². The van der Waals surface area contributed by atoms with E-state index in [0.29, 0.717) is 6.54 Å². The van der Waals surface area contributed by atoms with E-state index in [0.717, 1.165) is 22.5 Å². The predicted octanol–water partition coefficient (Wildman–Crippen LogP) is 2.97. The fourth-order valence-electron chi connectivity index (χ4n) is 2.21. The van der Waals surface area contributed by atoms with Crippen molar-refractivity contribution in [2.75, 3.05) is 6.54 Å². The molecule has 0 fully saturated rings. The Morgan fingerprint density at radius 2 is 2.06 bits per heavy atom. The molecule has 1 aromatic carbocycles. The van der Waals surface area contributed by atoms with Crippen LogP contribution in [0.25, 0.3) is 11.4 Å². The van der Waals surface area contributed by atoms with Crippen LogP contribution < -0.4 is 5.73 Å². The minimum Gasteiger partial charge on any atom is -0.330 e. The van der Waals surface area contributed by atoms with Gasteiger partial charge in [-0.1, -0.05) is 23.8 Å². The lowest BCUT2D eigenvalue weighted by Crippen LogP contribution is -2.07. The zero-order valence-corrected chi connectivity index (χ0v) is 12.6. The maximum Gasteiger partial charge on any atom is 0.141 e. The Morgan fingerprint density at radius 1 is 1.33 bits per heavy atom. The zero-order chi connectivity index (χ0) is 13.3. The van der Waals surface area contributed by atoms with Gasteiger partial charge in [-0.25, -0.2) is 4.98 Å². The third-order valence-corrected chi connectivity index (χ3v) is 3.80. The largest absolute Gasteiger partial charge is 0.330 e. The van der Waals surface area contributed by atoms with Gasteiger partial charge in [-0.05, 0) is 41.9 Å². The van der Waals surface area contributed by atoms with E-state index in [2.05, 4.69) is 57.5 Å². The second-order valence-corrected chi connectivity index (χ2v) is 5.34. The first-order valence-corrected chi connectivity index (χ1v) is 6.82. The Balaban J connectivity index is 2.54. The molecule has 18 heavy (non-hydrogen) atoms. The summed E-state index contributed by atoms with van der Waals surface area (Å²) in [5, 5.41) is 0. The molecular formula is C14H18BrN3. The number of aryl methyl sites for hydroxylation is 2. The topological polar surface area (TPSA) is 43.8 Å². The van der Waals surface area contributed by atoms with Gasteiger partial charge in [0.05, 0.1) is 5.69 Å². The number of aromatic nitrogens is 2. The number of rotatable bonds is 3. The molecule has 3 nitrogen and oxygen atoms in total. The smallest absolute Gasteiger partial charge is 0.141 e. The summed E-state index contributed by atoms with van der Waals surface area (Å²) in [6, 6.07) is 6.43. The van der Waals surface area contributed by atoms with E-state index in [9.17, 15) is 0 Å². The van der Waals surface area contributed by atoms with Crippen molar-refractivity contribution >= 4 is 15.9 Å². The number of hydrogen-bond donors (Lipinski definition) is 1. The molecule has 0 bridgehead atoms. The second kappa shape index (κ2) is 5.24. The average Bonchev–Trinajstić information content (AvgIpc) is 2.58. The van der Waals surface area contributed by atoms with Crippen LogP contribution in [-0.2, 0) is 13.5 Å². The summed E-state index contributed by atoms with van der Waals surface area (Å²) >= 11 is 3.52. The van der Waals surface area contributed by atoms with Gasteiger partial charge in [-0.3, -0.25) is 0 Å². The fraction of sp³-hybridized carbons (Fsp3) is 0.357. The highest BCUT2D eigenvalue weighted by Crippen LogP contribution is 2.27. The van der Waals surface area contributed by atoms with Crippen LogP contribution in [0.3, 0.4) is 0 Å². The minimum absolute atomic E-state index is 0.629. The van der Waals surface area contributed by atoms with Crippen molar-refractivity contribution in [1.29, 1.82) is 0 Å². The summed E-state index contributed by atoms with van der Waals surface area (Å²) < 4.78 is 3.01. The Labute approximate surface area is 116 Å². The molecule has 0 atom stereocenters. The van der Waals surface area contributed by atoms with Crippen LogP contribution in [0, 0.1) is 13.8 Å². The summed E-state index contributed by atoms with van der Waals surface area (Å²) in [4.78, 5) is 4.61. The minimum atomic E-state index is 0.629. The van der Waals surface area contributed by atoms with Gasteiger partial charge in [0, 0.05) is 19.0 Å². The van der Waals surface area contributed by atoms with E-state index in [1.165, 1.54) is 16.7 Å². The highest BCUT2D eigenvalue weighted by atomic mass is 79.9. The van der Waals surface area contributed by atoms with Gasteiger partial charge in [-0.15, -0.1) is 0 Å². The Morgan fingerprint density at radius 3 is 2.67 bits per heavy atom. The monoisotopic (exact) mass is 307 g/mol. The summed E-state index contributed by atoms with van der Waals surface area (Å²) in [5.41, 5.74) is 10.5. The second-order valence-electron chi connectivity index (χ2n) is 4.59. The van der Waals surface area contributed by atoms with E-state index in [-0.39, 0.29) is 0 Å². The molecule has 0 aliphatic heterocycles. The maximum atomic E-state index is 5.63. The lowest BCUT2D eigenvalue weighted by atomic mass is 10.1. The first kappa shape index (κ1) is 13.3. The van der Waals surface area contributed by atoms with E-state index in [4.69, 9.17) is 5.73 Å². The average molecular weight is 308 g/mol. The SMILES string of the molecule is Cc1ccc(-c2nc(Br)c(CCN)n2C)c(C)c1. The van der Waals surface area contributed by atoms with E-state index < -0.39 is 0 Å². The molecule has 2 rings (SSSR count). The number of halogens is 1. The molecule has 2 N–H and O–H groups in total. The molecule has 96 valence electrons. The number of nitrogens with two attached hydrogens (primary N) is 1. The molecule has 0 amide bonds. The van der Waals surface area contributed by atoms with Crippen molar-refractivity contribution in [2.24, 2.45) is 12.8 Å². The molecule has 1 aromatic heterocycles. The van der Waals surface area contributed by atoms with Crippen LogP contribution in [0.5, 0.6) is 0 Å². The maximum absolute atomic E-state index is 5.63. The molecular weight excluding hydrogens is 290 g/mol. The van der Waals surface area contributed by atoms with Crippen LogP contribution in [0.4, 0.5) is 0 Å². The van der Waals surface area contributed by atoms with Crippen LogP contribution in [0.15, 0.2) is 22.8 Å². The molecule has 1 heterocycles. The van der Waals surface area contributed by atoms with Gasteiger partial charge in [0.1, 0.15) is 10.4 Å². The Kier molecular flexibility index (Phi) is 3.88. The molecule has 0 saturated carbocycles. The number of hydrogen-bond acceptors (Lipinski definition) is 2. The van der Waals surface area contributed by atoms with Gasteiger partial charge in [0.2, 0.25) is 0 Å². The normalized spacial score (nSPS) is 10.9. The third-order valence-electron chi connectivity index (χ3n) is 3.17. The lowest BCUT2D eigenvalue weighted by molar-refractivity contribution is 0.807. The van der Waals surface area contributed by atoms with E-state index in [1.54, 1.807) is 0 Å². The molecule has 4 heteroatoms. The third kappa shape index (κ3) is 2.35. The summed E-state index contributed by atoms with van der Waals surface area (Å²) in [6.45, 7) is 4.85. The van der Waals surface area contributed by atoms with Crippen LogP contribution >= 0.6 is 15.9 Å². The van der Waals surface area contributed by atoms with E-state index in [1.807, 2.05) is 7.05 Å². The molecule has 0 radical (unpaired) electrons. The Hall–Kier alpha value is -1.13. The standard InChI is InChI=1S/C14H18BrN3/c1-9-4-5-11(10(2)8-9)14-17-13(15)12(6-7-16)18(14)3/h4-5,8H,6-7,16H2,1-3H3. The first-order chi connectivity index (χ1) is 8.54. The van der Waals surface area contributed by atoms with Crippen molar-refractivity contribution in [3.63, 3.8) is 0 Å². The van der Waals surface area contributed by atoms with Crippen LogP contribution in [0.1, 0.15) is 16.8 Å². The van der Waals surface area contributed by atoms with Gasteiger partial charge in [0.25, 0.3) is 0 Å². The van der Waals surface area contributed by atoms with Gasteiger partial charge >= 0.3 is 0 Å². The quantitative estimate of drug-likeness (QED) is 0.947. The van der Waals surface area contributed by atoms with Gasteiger partial charge in [0.15, 0.2) is 0 Å². The summed E-state index contributed by atoms with van der Waals surface area (Å²) in [7, 11) is 2.04. The Bertz CT molecular complexity index is 573. The van der Waals surface area contributed by atoms with Crippen molar-refractivity contribution in [2.45, 2.75) is 20.3 Å². The molecule has 0 spiro atoms. The highest BCUT2D eigenvalue weighted by Gasteiger charge is 2.14. The van der Waals surface area contributed by atoms with E-state index >= 15 is 0 Å².